The Bertz CT molecular complexity index is 943. The van der Waals surface area contributed by atoms with Gasteiger partial charge in [-0.2, -0.15) is 0 Å². The highest BCUT2D eigenvalue weighted by Gasteiger charge is 2.52. The second kappa shape index (κ2) is 9.47. The van der Waals surface area contributed by atoms with Crippen LogP contribution < -0.4 is 5.32 Å². The minimum atomic E-state index is -0.615. The van der Waals surface area contributed by atoms with Crippen LogP contribution >= 0.6 is 11.6 Å². The second-order valence-electron chi connectivity index (χ2n) is 8.70. The minimum absolute atomic E-state index is 0.200. The summed E-state index contributed by atoms with van der Waals surface area (Å²) in [6, 6.07) is 15.4. The predicted octanol–water partition coefficient (Wildman–Crippen LogP) is 5.59. The average Bonchev–Trinajstić information content (AvgIpc) is 2.94. The van der Waals surface area contributed by atoms with Gasteiger partial charge in [-0.3, -0.25) is 0 Å². The lowest BCUT2D eigenvalue weighted by molar-refractivity contribution is 0.00578. The first-order valence-corrected chi connectivity index (χ1v) is 10.7. The molecule has 0 bridgehead atoms. The standard InChI is InChI=1S/C24H29BClNO4/c1-17-10-9-13-19(21(17)26)14-20(25-30-23(2,3)24(4,5)31-25)15-27-22(28)29-16-18-11-7-6-8-12-18/h6-14H,15-16H2,1-5H3,(H,27,28). The van der Waals surface area contributed by atoms with E-state index in [1.807, 2.05) is 89.2 Å². The van der Waals surface area contributed by atoms with E-state index in [0.29, 0.717) is 5.02 Å². The molecule has 31 heavy (non-hydrogen) atoms. The van der Waals surface area contributed by atoms with Gasteiger partial charge in [0.05, 0.1) is 16.2 Å². The van der Waals surface area contributed by atoms with Crippen LogP contribution in [0.3, 0.4) is 0 Å². The average molecular weight is 442 g/mol. The van der Waals surface area contributed by atoms with E-state index in [1.165, 1.54) is 0 Å². The van der Waals surface area contributed by atoms with Gasteiger partial charge in [-0.05, 0) is 56.8 Å². The van der Waals surface area contributed by atoms with Gasteiger partial charge >= 0.3 is 13.2 Å². The van der Waals surface area contributed by atoms with Crippen LogP contribution in [0.1, 0.15) is 44.4 Å². The van der Waals surface area contributed by atoms with Crippen LogP contribution in [0.5, 0.6) is 0 Å². The van der Waals surface area contributed by atoms with E-state index in [0.717, 1.165) is 22.2 Å². The van der Waals surface area contributed by atoms with E-state index in [4.69, 9.17) is 25.6 Å². The molecular weight excluding hydrogens is 413 g/mol. The smallest absolute Gasteiger partial charge is 0.445 e. The normalized spacial score (nSPS) is 17.5. The molecule has 1 aliphatic heterocycles. The second-order valence-corrected chi connectivity index (χ2v) is 9.08. The highest BCUT2D eigenvalue weighted by atomic mass is 35.5. The third-order valence-corrected chi connectivity index (χ3v) is 6.28. The van der Waals surface area contributed by atoms with E-state index >= 15 is 0 Å². The summed E-state index contributed by atoms with van der Waals surface area (Å²) in [6.07, 6.45) is 1.40. The third-order valence-electron chi connectivity index (χ3n) is 5.77. The maximum absolute atomic E-state index is 12.3. The number of nitrogens with one attached hydrogen (secondary N) is 1. The SMILES string of the molecule is Cc1cccc(C=C(CNC(=O)OCc2ccccc2)B2OC(C)(C)C(C)(C)O2)c1Cl. The molecule has 1 N–H and O–H groups in total. The Balaban J connectivity index is 1.75. The molecule has 1 heterocycles. The van der Waals surface area contributed by atoms with Gasteiger partial charge in [-0.1, -0.05) is 66.2 Å². The summed E-state index contributed by atoms with van der Waals surface area (Å²) >= 11 is 6.50. The van der Waals surface area contributed by atoms with E-state index < -0.39 is 24.4 Å². The molecule has 0 aliphatic carbocycles. The summed E-state index contributed by atoms with van der Waals surface area (Å²) in [7, 11) is -0.615. The van der Waals surface area contributed by atoms with Crippen molar-refractivity contribution < 1.29 is 18.8 Å². The number of amides is 1. The van der Waals surface area contributed by atoms with E-state index in [9.17, 15) is 4.79 Å². The molecule has 1 aliphatic rings. The van der Waals surface area contributed by atoms with Crippen molar-refractivity contribution in [3.05, 3.63) is 75.7 Å². The number of benzene rings is 2. The van der Waals surface area contributed by atoms with Crippen LogP contribution in [0.2, 0.25) is 5.02 Å². The van der Waals surface area contributed by atoms with E-state index in [-0.39, 0.29) is 13.2 Å². The van der Waals surface area contributed by atoms with Crippen LogP contribution in [-0.4, -0.2) is 31.0 Å². The third kappa shape index (κ3) is 5.70. The summed E-state index contributed by atoms with van der Waals surface area (Å²) in [5, 5.41) is 3.46. The van der Waals surface area contributed by atoms with Crippen molar-refractivity contribution in [3.8, 4) is 0 Å². The predicted molar refractivity (Wildman–Crippen MR) is 125 cm³/mol. The first kappa shape index (κ1) is 23.4. The zero-order chi connectivity index (χ0) is 22.6. The van der Waals surface area contributed by atoms with Crippen molar-refractivity contribution in [1.29, 1.82) is 0 Å². The molecule has 0 aromatic heterocycles. The van der Waals surface area contributed by atoms with Crippen LogP contribution in [0.4, 0.5) is 4.79 Å². The molecule has 1 amide bonds. The molecule has 0 unspecified atom stereocenters. The first-order valence-electron chi connectivity index (χ1n) is 10.3. The van der Waals surface area contributed by atoms with Crippen molar-refractivity contribution in [2.24, 2.45) is 0 Å². The molecule has 1 saturated heterocycles. The maximum Gasteiger partial charge on any atom is 0.492 e. The van der Waals surface area contributed by atoms with Crippen molar-refractivity contribution in [3.63, 3.8) is 0 Å². The molecule has 2 aromatic rings. The molecule has 7 heteroatoms. The molecule has 0 spiro atoms. The highest BCUT2D eigenvalue weighted by Crippen LogP contribution is 2.39. The topological polar surface area (TPSA) is 56.8 Å². The molecule has 3 rings (SSSR count). The van der Waals surface area contributed by atoms with E-state index in [1.54, 1.807) is 0 Å². The van der Waals surface area contributed by atoms with Crippen LogP contribution in [0.15, 0.2) is 54.0 Å². The lowest BCUT2D eigenvalue weighted by Crippen LogP contribution is -2.41. The van der Waals surface area contributed by atoms with Gasteiger partial charge in [0.15, 0.2) is 0 Å². The summed E-state index contributed by atoms with van der Waals surface area (Å²) < 4.78 is 17.7. The molecule has 0 radical (unpaired) electrons. The number of rotatable bonds is 6. The van der Waals surface area contributed by atoms with Gasteiger partial charge in [0, 0.05) is 6.54 Å². The Kier molecular flexibility index (Phi) is 7.15. The number of carbonyl (C=O) groups is 1. The van der Waals surface area contributed by atoms with Crippen LogP contribution in [-0.2, 0) is 20.7 Å². The Morgan fingerprint density at radius 2 is 1.71 bits per heavy atom. The largest absolute Gasteiger partial charge is 0.492 e. The Morgan fingerprint density at radius 3 is 2.35 bits per heavy atom. The Labute approximate surface area is 189 Å². The van der Waals surface area contributed by atoms with E-state index in [2.05, 4.69) is 5.32 Å². The molecule has 1 fully saturated rings. The van der Waals surface area contributed by atoms with Crippen LogP contribution in [0, 0.1) is 6.92 Å². The number of aryl methyl sites for hydroxylation is 1. The molecule has 2 aromatic carbocycles. The molecule has 5 nitrogen and oxygen atoms in total. The summed E-state index contributed by atoms with van der Waals surface area (Å²) in [4.78, 5) is 12.3. The van der Waals surface area contributed by atoms with Gasteiger partial charge in [0.25, 0.3) is 0 Å². The summed E-state index contributed by atoms with van der Waals surface area (Å²) in [6.45, 7) is 10.3. The number of alkyl carbamates (subject to hydrolysis) is 1. The van der Waals surface area contributed by atoms with Crippen LogP contribution in [0.25, 0.3) is 6.08 Å². The zero-order valence-corrected chi connectivity index (χ0v) is 19.5. The summed E-state index contributed by atoms with van der Waals surface area (Å²) in [5.41, 5.74) is 2.49. The van der Waals surface area contributed by atoms with Crippen molar-refractivity contribution in [1.82, 2.24) is 5.32 Å². The van der Waals surface area contributed by atoms with Gasteiger partial charge in [0.1, 0.15) is 6.61 Å². The number of ether oxygens (including phenoxy) is 1. The highest BCUT2D eigenvalue weighted by molar-refractivity contribution is 6.56. The minimum Gasteiger partial charge on any atom is -0.445 e. The zero-order valence-electron chi connectivity index (χ0n) is 18.7. The number of hydrogen-bond donors (Lipinski definition) is 1. The lowest BCUT2D eigenvalue weighted by atomic mass is 9.77. The number of carbonyl (C=O) groups excluding carboxylic acids is 1. The quantitative estimate of drug-likeness (QED) is 0.594. The Morgan fingerprint density at radius 1 is 1.06 bits per heavy atom. The fraction of sp³-hybridized carbons (Fsp3) is 0.375. The molecular formula is C24H29BClNO4. The lowest BCUT2D eigenvalue weighted by Gasteiger charge is -2.32. The van der Waals surface area contributed by atoms with Gasteiger partial charge in [-0.15, -0.1) is 0 Å². The fourth-order valence-corrected chi connectivity index (χ4v) is 3.31. The monoisotopic (exact) mass is 441 g/mol. The molecule has 0 atom stereocenters. The van der Waals surface area contributed by atoms with Gasteiger partial charge in [0.2, 0.25) is 0 Å². The van der Waals surface area contributed by atoms with Gasteiger partial charge in [-0.25, -0.2) is 4.79 Å². The number of halogens is 1. The Hall–Kier alpha value is -2.28. The number of hydrogen-bond acceptors (Lipinski definition) is 4. The summed E-state index contributed by atoms with van der Waals surface area (Å²) in [5.74, 6) is 0. The first-order chi connectivity index (χ1) is 14.6. The van der Waals surface area contributed by atoms with Crippen molar-refractivity contribution in [2.75, 3.05) is 6.54 Å². The maximum atomic E-state index is 12.3. The van der Waals surface area contributed by atoms with Gasteiger partial charge < -0.3 is 19.4 Å². The van der Waals surface area contributed by atoms with Crippen molar-refractivity contribution >= 4 is 30.9 Å². The molecule has 0 saturated carbocycles. The van der Waals surface area contributed by atoms with Crippen molar-refractivity contribution in [2.45, 2.75) is 52.4 Å². The molecule has 164 valence electrons. The fourth-order valence-electron chi connectivity index (χ4n) is 3.13.